The summed E-state index contributed by atoms with van der Waals surface area (Å²) in [4.78, 5) is 10.1. The van der Waals surface area contributed by atoms with Crippen LogP contribution in [-0.2, 0) is 0 Å². The number of rotatable bonds is 1. The predicted octanol–water partition coefficient (Wildman–Crippen LogP) is 2.50. The zero-order chi connectivity index (χ0) is 18.7. The number of carboxylic acid groups (broad SMARTS) is 1. The summed E-state index contributed by atoms with van der Waals surface area (Å²) < 4.78 is 0. The Balaban J connectivity index is 0.000000188. The maximum absolute atomic E-state index is 10.1. The van der Waals surface area contributed by atoms with E-state index in [0.29, 0.717) is 0 Å². The number of quaternary nitrogens is 1. The number of carbonyl (C=O) groups excluding carboxylic acids is 1. The molecule has 0 heterocycles. The van der Waals surface area contributed by atoms with Crippen molar-refractivity contribution in [1.82, 2.24) is 0 Å². The van der Waals surface area contributed by atoms with Crippen LogP contribution in [0.4, 0.5) is 11.4 Å². The van der Waals surface area contributed by atoms with Crippen LogP contribution in [0.5, 0.6) is 0 Å². The molecule has 0 atom stereocenters. The van der Waals surface area contributed by atoms with Gasteiger partial charge in [0, 0.05) is 5.69 Å². The van der Waals surface area contributed by atoms with Gasteiger partial charge in [-0.2, -0.15) is 0 Å². The van der Waals surface area contributed by atoms with E-state index in [9.17, 15) is 9.90 Å². The van der Waals surface area contributed by atoms with E-state index in [4.69, 9.17) is 5.73 Å². The minimum absolute atomic E-state index is 0.220. The Labute approximate surface area is 148 Å². The number of carboxylic acids is 1. The Morgan fingerprint density at radius 1 is 0.800 bits per heavy atom. The molecule has 0 unspecified atom stereocenters. The summed E-state index contributed by atoms with van der Waals surface area (Å²) in [6, 6.07) is 24.0. The lowest BCUT2D eigenvalue weighted by Crippen LogP contribution is -2.39. The maximum Gasteiger partial charge on any atom is 0.127 e. The quantitative estimate of drug-likeness (QED) is 0.669. The average Bonchev–Trinajstić information content (AvgIpc) is 2.62. The van der Waals surface area contributed by atoms with E-state index in [0.717, 1.165) is 11.4 Å². The molecule has 0 saturated heterocycles. The second-order valence-electron chi connectivity index (χ2n) is 5.55. The molecule has 0 radical (unpaired) electrons. The molecule has 0 aromatic heterocycles. The number of nitrogen functional groups attached to an aromatic ring is 1. The van der Waals surface area contributed by atoms with Crippen LogP contribution < -0.4 is 16.6 Å². The van der Waals surface area contributed by atoms with Gasteiger partial charge in [-0.05, 0) is 43.7 Å². The normalized spacial score (nSPS) is 9.08. The van der Waals surface area contributed by atoms with E-state index in [1.54, 1.807) is 18.2 Å². The van der Waals surface area contributed by atoms with Crippen molar-refractivity contribution in [3.05, 3.63) is 95.6 Å². The summed E-state index contributed by atoms with van der Waals surface area (Å²) in [5, 5.41) is 10.1. The summed E-state index contributed by atoms with van der Waals surface area (Å²) >= 11 is 0. The molecule has 3 rings (SSSR count). The molecule has 0 spiro atoms. The minimum Gasteiger partial charge on any atom is -0.545 e. The highest BCUT2D eigenvalue weighted by atomic mass is 16.4. The Bertz CT molecular complexity index is 667. The number of benzene rings is 3. The number of aryl methyl sites for hydroxylation is 2. The monoisotopic (exact) mass is 336 g/mol. The summed E-state index contributed by atoms with van der Waals surface area (Å²) in [5.74, 6) is -1.13. The number of hydrogen-bond donors (Lipinski definition) is 2. The van der Waals surface area contributed by atoms with Crippen LogP contribution in [0.3, 0.4) is 0 Å². The number of nitrogens with two attached hydrogens (primary N) is 1. The summed E-state index contributed by atoms with van der Waals surface area (Å²) in [6.07, 6.45) is 0. The first-order valence-electron chi connectivity index (χ1n) is 7.85. The molecule has 0 aliphatic heterocycles. The molecule has 0 aliphatic carbocycles. The smallest absolute Gasteiger partial charge is 0.127 e. The van der Waals surface area contributed by atoms with Crippen LogP contribution in [0.1, 0.15) is 21.5 Å². The second kappa shape index (κ2) is 10.6. The second-order valence-corrected chi connectivity index (χ2v) is 5.55. The number of aromatic carboxylic acids is 1. The van der Waals surface area contributed by atoms with Crippen LogP contribution >= 0.6 is 0 Å². The van der Waals surface area contributed by atoms with Gasteiger partial charge in [0.15, 0.2) is 0 Å². The van der Waals surface area contributed by atoms with Crippen LogP contribution in [0.15, 0.2) is 78.9 Å². The molecule has 4 nitrogen and oxygen atoms in total. The van der Waals surface area contributed by atoms with Crippen molar-refractivity contribution in [2.45, 2.75) is 13.8 Å². The third kappa shape index (κ3) is 8.93. The lowest BCUT2D eigenvalue weighted by atomic mass is 10.2. The number of hydrogen-bond acceptors (Lipinski definition) is 3. The van der Waals surface area contributed by atoms with Gasteiger partial charge >= 0.3 is 0 Å². The van der Waals surface area contributed by atoms with Gasteiger partial charge in [-0.25, -0.2) is 0 Å². The highest BCUT2D eigenvalue weighted by Gasteiger charge is 1.86. The summed E-state index contributed by atoms with van der Waals surface area (Å²) in [7, 11) is 0. The lowest BCUT2D eigenvalue weighted by molar-refractivity contribution is -0.255. The van der Waals surface area contributed by atoms with Crippen molar-refractivity contribution in [3.63, 3.8) is 0 Å². The molecule has 0 saturated carbocycles. The largest absolute Gasteiger partial charge is 0.545 e. The van der Waals surface area contributed by atoms with Gasteiger partial charge in [-0.3, -0.25) is 0 Å². The van der Waals surface area contributed by atoms with Crippen LogP contribution in [-0.4, -0.2) is 5.97 Å². The zero-order valence-corrected chi connectivity index (χ0v) is 14.6. The molecule has 0 bridgehead atoms. The molecule has 5 N–H and O–H groups in total. The molecule has 0 amide bonds. The van der Waals surface area contributed by atoms with E-state index in [1.165, 1.54) is 23.3 Å². The Morgan fingerprint density at radius 3 is 1.56 bits per heavy atom. The minimum atomic E-state index is -1.13. The molecule has 4 heteroatoms. The highest BCUT2D eigenvalue weighted by Crippen LogP contribution is 2.02. The van der Waals surface area contributed by atoms with E-state index < -0.39 is 5.97 Å². The zero-order valence-electron chi connectivity index (χ0n) is 14.6. The van der Waals surface area contributed by atoms with Gasteiger partial charge in [0.25, 0.3) is 0 Å². The fourth-order valence-electron chi connectivity index (χ4n) is 1.73. The van der Waals surface area contributed by atoms with E-state index in [-0.39, 0.29) is 5.56 Å². The molecule has 25 heavy (non-hydrogen) atoms. The Kier molecular flexibility index (Phi) is 8.47. The number of carbonyl (C=O) groups is 1. The fourth-order valence-corrected chi connectivity index (χ4v) is 1.73. The number of anilines is 1. The SMILES string of the molecule is Cc1ccc(N)cc1.Cc1ccc([NH3+])cc1.O=C([O-])c1ccccc1. The van der Waals surface area contributed by atoms with E-state index >= 15 is 0 Å². The van der Waals surface area contributed by atoms with E-state index in [1.807, 2.05) is 43.3 Å². The van der Waals surface area contributed by atoms with Crippen molar-refractivity contribution in [2.75, 3.05) is 5.73 Å². The lowest BCUT2D eigenvalue weighted by Gasteiger charge is -1.97. The molecule has 0 aliphatic rings. The van der Waals surface area contributed by atoms with Crippen molar-refractivity contribution >= 4 is 17.3 Å². The van der Waals surface area contributed by atoms with Crippen molar-refractivity contribution < 1.29 is 15.6 Å². The third-order valence-corrected chi connectivity index (χ3v) is 3.21. The van der Waals surface area contributed by atoms with Gasteiger partial charge in [0.1, 0.15) is 5.69 Å². The van der Waals surface area contributed by atoms with E-state index in [2.05, 4.69) is 24.8 Å². The Morgan fingerprint density at radius 2 is 1.24 bits per heavy atom. The Hall–Kier alpha value is -3.11. The molecule has 3 aromatic carbocycles. The first kappa shape index (κ1) is 19.9. The van der Waals surface area contributed by atoms with Gasteiger partial charge in [-0.15, -0.1) is 0 Å². The summed E-state index contributed by atoms with van der Waals surface area (Å²) in [6.45, 7) is 4.11. The van der Waals surface area contributed by atoms with Crippen molar-refractivity contribution in [3.8, 4) is 0 Å². The van der Waals surface area contributed by atoms with Gasteiger partial charge < -0.3 is 21.4 Å². The van der Waals surface area contributed by atoms with Gasteiger partial charge in [-0.1, -0.05) is 65.7 Å². The van der Waals surface area contributed by atoms with Crippen molar-refractivity contribution in [1.29, 1.82) is 0 Å². The average molecular weight is 336 g/mol. The molecule has 130 valence electrons. The van der Waals surface area contributed by atoms with Gasteiger partial charge in [0.2, 0.25) is 0 Å². The fraction of sp³-hybridized carbons (Fsp3) is 0.0952. The third-order valence-electron chi connectivity index (χ3n) is 3.21. The highest BCUT2D eigenvalue weighted by molar-refractivity contribution is 5.85. The van der Waals surface area contributed by atoms with Gasteiger partial charge in [0.05, 0.1) is 5.97 Å². The molecule has 3 aromatic rings. The van der Waals surface area contributed by atoms with Crippen LogP contribution in [0.2, 0.25) is 0 Å². The van der Waals surface area contributed by atoms with Crippen LogP contribution in [0.25, 0.3) is 0 Å². The van der Waals surface area contributed by atoms with Crippen LogP contribution in [0, 0.1) is 13.8 Å². The first-order chi connectivity index (χ1) is 11.9. The topological polar surface area (TPSA) is 93.8 Å². The van der Waals surface area contributed by atoms with Crippen molar-refractivity contribution in [2.24, 2.45) is 0 Å². The molecular weight excluding hydrogens is 312 g/mol. The predicted molar refractivity (Wildman–Crippen MR) is 100 cm³/mol. The maximum atomic E-state index is 10.1. The molecular formula is C21H24N2O2. The standard InChI is InChI=1S/2C7H9N.C7H6O2/c2*1-6-2-4-7(8)5-3-6;8-7(9)6-4-2-1-3-5-6/h2*2-5H,8H2,1H3;1-5H,(H,8,9). The molecule has 0 fully saturated rings. The first-order valence-corrected chi connectivity index (χ1v) is 7.85. The summed E-state index contributed by atoms with van der Waals surface area (Å²) in [5.41, 5.74) is 13.9.